The standard InChI is InChI=1S/C18H24BrN3O4/c1-5-15-14(8-12(19)9-20-15)16(23)25-11-21-13-6-7-22(10-13)17(24)26-18(2,3)4/h5,8-9,13,21H,1,6-7,10-11H2,2-4H3/t13-/m0/s1. The number of nitrogens with one attached hydrogen (secondary N) is 1. The van der Waals surface area contributed by atoms with Crippen LogP contribution >= 0.6 is 15.9 Å². The highest BCUT2D eigenvalue weighted by atomic mass is 79.9. The van der Waals surface area contributed by atoms with Crippen LogP contribution < -0.4 is 5.32 Å². The summed E-state index contributed by atoms with van der Waals surface area (Å²) in [5.41, 5.74) is 0.298. The van der Waals surface area contributed by atoms with Gasteiger partial charge in [0.2, 0.25) is 0 Å². The Balaban J connectivity index is 1.80. The number of esters is 1. The highest BCUT2D eigenvalue weighted by Gasteiger charge is 2.29. The molecule has 7 nitrogen and oxygen atoms in total. The first kappa shape index (κ1) is 20.4. The van der Waals surface area contributed by atoms with Crippen molar-refractivity contribution in [2.45, 2.75) is 38.8 Å². The zero-order valence-electron chi connectivity index (χ0n) is 15.3. The van der Waals surface area contributed by atoms with E-state index in [2.05, 4.69) is 32.8 Å². The van der Waals surface area contributed by atoms with E-state index in [0.29, 0.717) is 28.8 Å². The van der Waals surface area contributed by atoms with Crippen molar-refractivity contribution in [2.24, 2.45) is 0 Å². The topological polar surface area (TPSA) is 80.8 Å². The lowest BCUT2D eigenvalue weighted by molar-refractivity contribution is 0.0282. The van der Waals surface area contributed by atoms with Crippen LogP contribution in [-0.2, 0) is 9.47 Å². The van der Waals surface area contributed by atoms with Gasteiger partial charge in [0.1, 0.15) is 12.3 Å². The second kappa shape index (κ2) is 8.64. The Bertz CT molecular complexity index is 688. The molecule has 1 amide bonds. The Morgan fingerprint density at radius 3 is 2.88 bits per heavy atom. The molecule has 8 heteroatoms. The van der Waals surface area contributed by atoms with Crippen LogP contribution in [0.2, 0.25) is 0 Å². The minimum atomic E-state index is -0.515. The van der Waals surface area contributed by atoms with Gasteiger partial charge < -0.3 is 14.4 Å². The minimum Gasteiger partial charge on any atom is -0.446 e. The second-order valence-electron chi connectivity index (χ2n) is 6.98. The molecule has 1 aliphatic heterocycles. The summed E-state index contributed by atoms with van der Waals surface area (Å²) in [7, 11) is 0. The highest BCUT2D eigenvalue weighted by molar-refractivity contribution is 9.10. The molecule has 0 radical (unpaired) electrons. The van der Waals surface area contributed by atoms with Crippen molar-refractivity contribution >= 4 is 34.1 Å². The number of ether oxygens (including phenoxy) is 2. The second-order valence-corrected chi connectivity index (χ2v) is 7.90. The largest absolute Gasteiger partial charge is 0.446 e. The van der Waals surface area contributed by atoms with E-state index >= 15 is 0 Å². The predicted molar refractivity (Wildman–Crippen MR) is 102 cm³/mol. The quantitative estimate of drug-likeness (QED) is 0.576. The highest BCUT2D eigenvalue weighted by Crippen LogP contribution is 2.17. The molecule has 1 aromatic heterocycles. The molecule has 0 aromatic carbocycles. The number of likely N-dealkylation sites (tertiary alicyclic amines) is 1. The monoisotopic (exact) mass is 425 g/mol. The first-order chi connectivity index (χ1) is 12.2. The van der Waals surface area contributed by atoms with Crippen molar-refractivity contribution < 1.29 is 19.1 Å². The molecule has 1 saturated heterocycles. The molecule has 0 saturated carbocycles. The Hall–Kier alpha value is -1.93. The van der Waals surface area contributed by atoms with E-state index in [4.69, 9.17) is 9.47 Å². The van der Waals surface area contributed by atoms with Gasteiger partial charge in [-0.1, -0.05) is 6.58 Å². The number of halogens is 1. The van der Waals surface area contributed by atoms with Gasteiger partial charge in [-0.25, -0.2) is 9.59 Å². The van der Waals surface area contributed by atoms with Crippen LogP contribution in [0.3, 0.4) is 0 Å². The van der Waals surface area contributed by atoms with E-state index in [0.717, 1.165) is 6.42 Å². The van der Waals surface area contributed by atoms with Crippen molar-refractivity contribution in [1.29, 1.82) is 0 Å². The fourth-order valence-corrected chi connectivity index (χ4v) is 2.83. The molecule has 2 rings (SSSR count). The number of hydrogen-bond acceptors (Lipinski definition) is 6. The first-order valence-corrected chi connectivity index (χ1v) is 9.15. The summed E-state index contributed by atoms with van der Waals surface area (Å²) in [6, 6.07) is 1.70. The van der Waals surface area contributed by atoms with Crippen LogP contribution in [0.15, 0.2) is 23.3 Å². The number of amides is 1. The third kappa shape index (κ3) is 5.81. The van der Waals surface area contributed by atoms with Crippen molar-refractivity contribution in [3.05, 3.63) is 34.6 Å². The molecule has 142 valence electrons. The van der Waals surface area contributed by atoms with E-state index in [9.17, 15) is 9.59 Å². The lowest BCUT2D eigenvalue weighted by atomic mass is 10.2. The fourth-order valence-electron chi connectivity index (χ4n) is 2.50. The summed E-state index contributed by atoms with van der Waals surface area (Å²) < 4.78 is 11.3. The van der Waals surface area contributed by atoms with E-state index in [1.165, 1.54) is 6.08 Å². The van der Waals surface area contributed by atoms with Crippen molar-refractivity contribution in [1.82, 2.24) is 15.2 Å². The average molecular weight is 426 g/mol. The summed E-state index contributed by atoms with van der Waals surface area (Å²) in [6.45, 7) is 10.3. The van der Waals surface area contributed by atoms with Crippen LogP contribution in [0.5, 0.6) is 0 Å². The molecule has 1 atom stereocenters. The number of hydrogen-bond donors (Lipinski definition) is 1. The molecular formula is C18H24BrN3O4. The fraction of sp³-hybridized carbons (Fsp3) is 0.500. The van der Waals surface area contributed by atoms with Gasteiger partial charge >= 0.3 is 12.1 Å². The number of nitrogens with zero attached hydrogens (tertiary/aromatic N) is 2. The van der Waals surface area contributed by atoms with E-state index in [-0.39, 0.29) is 18.9 Å². The summed E-state index contributed by atoms with van der Waals surface area (Å²) >= 11 is 3.29. The smallest absolute Gasteiger partial charge is 0.410 e. The maximum absolute atomic E-state index is 12.2. The van der Waals surface area contributed by atoms with E-state index in [1.54, 1.807) is 17.2 Å². The number of aromatic nitrogens is 1. The molecule has 1 N–H and O–H groups in total. The molecule has 1 aromatic rings. The zero-order chi connectivity index (χ0) is 19.3. The number of rotatable bonds is 5. The van der Waals surface area contributed by atoms with Crippen LogP contribution in [0.25, 0.3) is 6.08 Å². The normalized spacial score (nSPS) is 17.1. The lowest BCUT2D eigenvalue weighted by Gasteiger charge is -2.24. The van der Waals surface area contributed by atoms with E-state index < -0.39 is 11.6 Å². The SMILES string of the molecule is C=Cc1ncc(Br)cc1C(=O)OCN[C@H]1CCN(C(=O)OC(C)(C)C)C1. The molecule has 2 heterocycles. The van der Waals surface area contributed by atoms with Gasteiger partial charge in [0, 0.05) is 29.8 Å². The summed E-state index contributed by atoms with van der Waals surface area (Å²) in [6.07, 6.45) is 3.55. The Morgan fingerprint density at radius 1 is 1.50 bits per heavy atom. The zero-order valence-corrected chi connectivity index (χ0v) is 16.8. The molecule has 26 heavy (non-hydrogen) atoms. The van der Waals surface area contributed by atoms with Gasteiger partial charge in [-0.05, 0) is 55.3 Å². The molecule has 0 bridgehead atoms. The molecule has 0 spiro atoms. The Kier molecular flexibility index (Phi) is 6.77. The molecule has 1 fully saturated rings. The van der Waals surface area contributed by atoms with Gasteiger partial charge in [-0.15, -0.1) is 0 Å². The molecule has 0 aliphatic carbocycles. The Labute approximate surface area is 161 Å². The van der Waals surface area contributed by atoms with Gasteiger partial charge in [-0.2, -0.15) is 0 Å². The van der Waals surface area contributed by atoms with Crippen LogP contribution in [0.1, 0.15) is 43.2 Å². The van der Waals surface area contributed by atoms with Crippen LogP contribution in [0, 0.1) is 0 Å². The van der Waals surface area contributed by atoms with Gasteiger partial charge in [0.05, 0.1) is 11.3 Å². The number of carbonyl (C=O) groups excluding carboxylic acids is 2. The number of carbonyl (C=O) groups is 2. The molecule has 0 unspecified atom stereocenters. The molecule has 1 aliphatic rings. The summed E-state index contributed by atoms with van der Waals surface area (Å²) in [5.74, 6) is -0.483. The van der Waals surface area contributed by atoms with Crippen molar-refractivity contribution in [3.63, 3.8) is 0 Å². The predicted octanol–water partition coefficient (Wildman–Crippen LogP) is 3.20. The summed E-state index contributed by atoms with van der Waals surface area (Å²) in [5, 5.41) is 3.13. The van der Waals surface area contributed by atoms with Crippen molar-refractivity contribution in [3.8, 4) is 0 Å². The van der Waals surface area contributed by atoms with Gasteiger partial charge in [0.15, 0.2) is 0 Å². The Morgan fingerprint density at radius 2 is 2.23 bits per heavy atom. The minimum absolute atomic E-state index is 0.0504. The lowest BCUT2D eigenvalue weighted by Crippen LogP contribution is -2.39. The molecular weight excluding hydrogens is 402 g/mol. The third-order valence-electron chi connectivity index (χ3n) is 3.71. The summed E-state index contributed by atoms with van der Waals surface area (Å²) in [4.78, 5) is 30.0. The van der Waals surface area contributed by atoms with Crippen LogP contribution in [0.4, 0.5) is 4.79 Å². The number of pyridine rings is 1. The van der Waals surface area contributed by atoms with Crippen LogP contribution in [-0.4, -0.2) is 53.4 Å². The average Bonchev–Trinajstić information content (AvgIpc) is 3.02. The van der Waals surface area contributed by atoms with Gasteiger partial charge in [-0.3, -0.25) is 10.3 Å². The maximum Gasteiger partial charge on any atom is 0.410 e. The maximum atomic E-state index is 12.2. The first-order valence-electron chi connectivity index (χ1n) is 8.36. The van der Waals surface area contributed by atoms with Gasteiger partial charge in [0.25, 0.3) is 0 Å². The van der Waals surface area contributed by atoms with E-state index in [1.807, 2.05) is 20.8 Å². The van der Waals surface area contributed by atoms with Crippen molar-refractivity contribution in [2.75, 3.05) is 19.8 Å². The third-order valence-corrected chi connectivity index (χ3v) is 4.15.